The summed E-state index contributed by atoms with van der Waals surface area (Å²) in [5.74, 6) is -1.17. The van der Waals surface area contributed by atoms with E-state index in [0.29, 0.717) is 31.6 Å². The molecule has 1 amide bonds. The fourth-order valence-electron chi connectivity index (χ4n) is 2.93. The third-order valence-electron chi connectivity index (χ3n) is 4.21. The Morgan fingerprint density at radius 1 is 1.43 bits per heavy atom. The lowest BCUT2D eigenvalue weighted by molar-refractivity contribution is -0.148. The van der Waals surface area contributed by atoms with Gasteiger partial charge in [0.25, 0.3) is 5.91 Å². The summed E-state index contributed by atoms with van der Waals surface area (Å²) in [7, 11) is 0. The Bertz CT molecular complexity index is 603. The molecular formula is C15H19NO5. The van der Waals surface area contributed by atoms with E-state index in [1.54, 1.807) is 13.8 Å². The van der Waals surface area contributed by atoms with E-state index in [9.17, 15) is 19.5 Å². The summed E-state index contributed by atoms with van der Waals surface area (Å²) in [6, 6.07) is 1.40. The zero-order valence-corrected chi connectivity index (χ0v) is 12.4. The van der Waals surface area contributed by atoms with Gasteiger partial charge in [-0.2, -0.15) is 0 Å². The Hall–Kier alpha value is -2.11. The Labute approximate surface area is 122 Å². The molecule has 2 rings (SSSR count). The number of amides is 1. The van der Waals surface area contributed by atoms with Crippen molar-refractivity contribution in [1.82, 2.24) is 4.90 Å². The van der Waals surface area contributed by atoms with E-state index in [2.05, 4.69) is 0 Å². The summed E-state index contributed by atoms with van der Waals surface area (Å²) >= 11 is 0. The maximum atomic E-state index is 12.7. The average molecular weight is 293 g/mol. The van der Waals surface area contributed by atoms with Crippen LogP contribution in [0.1, 0.15) is 59.8 Å². The second kappa shape index (κ2) is 5.35. The van der Waals surface area contributed by atoms with Crippen molar-refractivity contribution in [3.05, 3.63) is 23.2 Å². The highest BCUT2D eigenvalue weighted by atomic mass is 16.4. The SMILES string of the molecule is CC[C@@]1(C(=O)O)CCCN1C(=O)c1cc(C(C)=O)oc1C. The summed E-state index contributed by atoms with van der Waals surface area (Å²) in [5, 5.41) is 9.52. The molecule has 2 heterocycles. The van der Waals surface area contributed by atoms with Crippen LogP contribution in [0.2, 0.25) is 0 Å². The third kappa shape index (κ3) is 2.34. The van der Waals surface area contributed by atoms with E-state index in [0.717, 1.165) is 0 Å². The van der Waals surface area contributed by atoms with Crippen LogP contribution >= 0.6 is 0 Å². The van der Waals surface area contributed by atoms with Gasteiger partial charge in [-0.15, -0.1) is 0 Å². The van der Waals surface area contributed by atoms with Gasteiger partial charge in [-0.3, -0.25) is 9.59 Å². The quantitative estimate of drug-likeness (QED) is 0.860. The van der Waals surface area contributed by atoms with Crippen molar-refractivity contribution in [2.75, 3.05) is 6.54 Å². The number of carbonyl (C=O) groups excluding carboxylic acids is 2. The van der Waals surface area contributed by atoms with E-state index < -0.39 is 11.5 Å². The van der Waals surface area contributed by atoms with Crippen molar-refractivity contribution in [2.24, 2.45) is 0 Å². The lowest BCUT2D eigenvalue weighted by Gasteiger charge is -2.33. The maximum absolute atomic E-state index is 12.7. The zero-order chi connectivity index (χ0) is 15.8. The minimum Gasteiger partial charge on any atom is -0.479 e. The van der Waals surface area contributed by atoms with Gasteiger partial charge in [0.15, 0.2) is 11.5 Å². The van der Waals surface area contributed by atoms with Crippen LogP contribution in [-0.2, 0) is 4.79 Å². The number of Topliss-reactive ketones (excluding diaryl/α,β-unsaturated/α-hetero) is 1. The van der Waals surface area contributed by atoms with Crippen LogP contribution in [0.25, 0.3) is 0 Å². The molecule has 21 heavy (non-hydrogen) atoms. The van der Waals surface area contributed by atoms with Gasteiger partial charge in [0.05, 0.1) is 5.56 Å². The highest BCUT2D eigenvalue weighted by Crippen LogP contribution is 2.34. The van der Waals surface area contributed by atoms with Crippen LogP contribution in [0.4, 0.5) is 0 Å². The van der Waals surface area contributed by atoms with Crippen molar-refractivity contribution in [3.63, 3.8) is 0 Å². The van der Waals surface area contributed by atoms with Crippen molar-refractivity contribution in [1.29, 1.82) is 0 Å². The van der Waals surface area contributed by atoms with Crippen molar-refractivity contribution < 1.29 is 23.9 Å². The number of rotatable bonds is 4. The molecule has 1 N–H and O–H groups in total. The van der Waals surface area contributed by atoms with Crippen molar-refractivity contribution >= 4 is 17.7 Å². The molecule has 1 aliphatic heterocycles. The maximum Gasteiger partial charge on any atom is 0.329 e. The molecule has 6 heteroatoms. The molecule has 0 unspecified atom stereocenters. The second-order valence-electron chi connectivity index (χ2n) is 5.39. The van der Waals surface area contributed by atoms with Gasteiger partial charge in [-0.25, -0.2) is 4.79 Å². The van der Waals surface area contributed by atoms with Gasteiger partial charge in [-0.05, 0) is 26.2 Å². The lowest BCUT2D eigenvalue weighted by atomic mass is 9.92. The molecule has 1 atom stereocenters. The molecule has 1 fully saturated rings. The van der Waals surface area contributed by atoms with Gasteiger partial charge >= 0.3 is 5.97 Å². The predicted molar refractivity (Wildman–Crippen MR) is 74.4 cm³/mol. The number of aryl methyl sites for hydroxylation is 1. The molecule has 114 valence electrons. The molecule has 0 radical (unpaired) electrons. The third-order valence-corrected chi connectivity index (χ3v) is 4.21. The molecule has 0 aliphatic carbocycles. The first kappa shape index (κ1) is 15.3. The molecule has 1 aliphatic rings. The number of ketones is 1. The largest absolute Gasteiger partial charge is 0.479 e. The molecule has 1 saturated heterocycles. The predicted octanol–water partition coefficient (Wildman–Crippen LogP) is 2.26. The zero-order valence-electron chi connectivity index (χ0n) is 12.4. The molecule has 1 aromatic heterocycles. The topological polar surface area (TPSA) is 87.8 Å². The summed E-state index contributed by atoms with van der Waals surface area (Å²) in [6.07, 6.45) is 1.45. The number of carbonyl (C=O) groups is 3. The van der Waals surface area contributed by atoms with E-state index in [1.165, 1.54) is 17.9 Å². The smallest absolute Gasteiger partial charge is 0.329 e. The monoisotopic (exact) mass is 293 g/mol. The van der Waals surface area contributed by atoms with E-state index in [1.807, 2.05) is 0 Å². The molecule has 6 nitrogen and oxygen atoms in total. The average Bonchev–Trinajstić information content (AvgIpc) is 3.02. The van der Waals surface area contributed by atoms with Crippen LogP contribution in [0.3, 0.4) is 0 Å². The standard InChI is InChI=1S/C15H19NO5/c1-4-15(14(19)20)6-5-7-16(15)13(18)11-8-12(9(2)17)21-10(11)3/h8H,4-7H2,1-3H3,(H,19,20)/t15-/m0/s1. The van der Waals surface area contributed by atoms with Crippen LogP contribution in [0.5, 0.6) is 0 Å². The second-order valence-corrected chi connectivity index (χ2v) is 5.39. The van der Waals surface area contributed by atoms with Gasteiger partial charge in [0, 0.05) is 19.5 Å². The normalized spacial score (nSPS) is 21.6. The number of aliphatic carboxylic acids is 1. The minimum absolute atomic E-state index is 0.118. The first-order chi connectivity index (χ1) is 9.83. The van der Waals surface area contributed by atoms with Crippen LogP contribution in [0, 0.1) is 6.92 Å². The summed E-state index contributed by atoms with van der Waals surface area (Å²) in [4.78, 5) is 37.0. The Balaban J connectivity index is 2.39. The van der Waals surface area contributed by atoms with Crippen molar-refractivity contribution in [2.45, 2.75) is 45.6 Å². The first-order valence-electron chi connectivity index (χ1n) is 7.00. The van der Waals surface area contributed by atoms with Crippen LogP contribution < -0.4 is 0 Å². The molecule has 0 spiro atoms. The Kier molecular flexibility index (Phi) is 3.89. The highest BCUT2D eigenvalue weighted by molar-refractivity contribution is 6.01. The Morgan fingerprint density at radius 3 is 2.57 bits per heavy atom. The highest BCUT2D eigenvalue weighted by Gasteiger charge is 2.49. The van der Waals surface area contributed by atoms with E-state index in [-0.39, 0.29) is 23.0 Å². The molecule has 0 saturated carbocycles. The number of carboxylic acid groups (broad SMARTS) is 1. The molecule has 0 aromatic carbocycles. The van der Waals surface area contributed by atoms with Gasteiger partial charge in [-0.1, -0.05) is 6.92 Å². The number of carboxylic acids is 1. The molecule has 0 bridgehead atoms. The first-order valence-corrected chi connectivity index (χ1v) is 7.00. The fourth-order valence-corrected chi connectivity index (χ4v) is 2.93. The number of furan rings is 1. The number of hydrogen-bond acceptors (Lipinski definition) is 4. The summed E-state index contributed by atoms with van der Waals surface area (Å²) in [5.41, 5.74) is -0.891. The van der Waals surface area contributed by atoms with E-state index >= 15 is 0 Å². The summed E-state index contributed by atoms with van der Waals surface area (Å²) < 4.78 is 5.27. The number of hydrogen-bond donors (Lipinski definition) is 1. The lowest BCUT2D eigenvalue weighted by Crippen LogP contribution is -2.52. The minimum atomic E-state index is -1.16. The van der Waals surface area contributed by atoms with Gasteiger partial charge in [0.2, 0.25) is 0 Å². The van der Waals surface area contributed by atoms with Crippen molar-refractivity contribution in [3.8, 4) is 0 Å². The van der Waals surface area contributed by atoms with Gasteiger partial charge in [0.1, 0.15) is 11.3 Å². The Morgan fingerprint density at radius 2 is 2.10 bits per heavy atom. The molecule has 1 aromatic rings. The van der Waals surface area contributed by atoms with Crippen LogP contribution in [-0.4, -0.2) is 39.7 Å². The molecular weight excluding hydrogens is 274 g/mol. The number of likely N-dealkylation sites (tertiary alicyclic amines) is 1. The van der Waals surface area contributed by atoms with E-state index in [4.69, 9.17) is 4.42 Å². The fraction of sp³-hybridized carbons (Fsp3) is 0.533. The van der Waals surface area contributed by atoms with Gasteiger partial charge < -0.3 is 14.4 Å². The summed E-state index contributed by atoms with van der Waals surface area (Å²) in [6.45, 7) is 5.13. The van der Waals surface area contributed by atoms with Crippen LogP contribution in [0.15, 0.2) is 10.5 Å². The number of nitrogens with zero attached hydrogens (tertiary/aromatic N) is 1.